The van der Waals surface area contributed by atoms with Crippen molar-refractivity contribution in [3.05, 3.63) is 64.5 Å². The van der Waals surface area contributed by atoms with E-state index in [-0.39, 0.29) is 0 Å². The molecule has 0 saturated carbocycles. The van der Waals surface area contributed by atoms with E-state index >= 15 is 0 Å². The lowest BCUT2D eigenvalue weighted by atomic mass is 10.0. The smallest absolute Gasteiger partial charge is 0.243 e. The molecule has 0 amide bonds. The van der Waals surface area contributed by atoms with Crippen LogP contribution < -0.4 is 5.43 Å². The fourth-order valence-corrected chi connectivity index (χ4v) is 6.05. The SMILES string of the molecule is CC1CCCN(S(=O)(=O)c2cccc(-c3csc(NN=Cc4cccc(Cl)c4)n3)c2)C1. The topological polar surface area (TPSA) is 74.7 Å². The van der Waals surface area contributed by atoms with Gasteiger partial charge in [-0.15, -0.1) is 11.3 Å². The summed E-state index contributed by atoms with van der Waals surface area (Å²) in [5.74, 6) is 0.381. The largest absolute Gasteiger partial charge is 0.253 e. The molecule has 0 bridgehead atoms. The number of benzene rings is 2. The van der Waals surface area contributed by atoms with E-state index in [0.717, 1.165) is 24.0 Å². The lowest BCUT2D eigenvalue weighted by Crippen LogP contribution is -2.39. The number of hydrazone groups is 1. The third-order valence-electron chi connectivity index (χ3n) is 5.11. The maximum absolute atomic E-state index is 13.1. The maximum atomic E-state index is 13.1. The Hall–Kier alpha value is -2.26. The molecule has 0 spiro atoms. The highest BCUT2D eigenvalue weighted by Gasteiger charge is 2.28. The fraction of sp³-hybridized carbons (Fsp3) is 0.273. The van der Waals surface area contributed by atoms with Gasteiger partial charge in [-0.2, -0.15) is 9.41 Å². The summed E-state index contributed by atoms with van der Waals surface area (Å²) in [4.78, 5) is 4.84. The number of thiazole rings is 1. The number of halogens is 1. The quantitative estimate of drug-likeness (QED) is 0.387. The van der Waals surface area contributed by atoms with Crippen LogP contribution in [0.15, 0.2) is 63.9 Å². The number of hydrogen-bond donors (Lipinski definition) is 1. The highest BCUT2D eigenvalue weighted by molar-refractivity contribution is 7.89. The zero-order valence-corrected chi connectivity index (χ0v) is 19.4. The molecule has 1 atom stereocenters. The Kier molecular flexibility index (Phi) is 6.71. The molecular weight excluding hydrogens is 452 g/mol. The van der Waals surface area contributed by atoms with Crippen molar-refractivity contribution >= 4 is 44.3 Å². The third kappa shape index (κ3) is 5.33. The Morgan fingerprint density at radius 3 is 2.90 bits per heavy atom. The van der Waals surface area contributed by atoms with E-state index in [4.69, 9.17) is 11.6 Å². The second kappa shape index (κ2) is 9.48. The van der Waals surface area contributed by atoms with Crippen LogP contribution in [0.3, 0.4) is 0 Å². The minimum absolute atomic E-state index is 0.306. The highest BCUT2D eigenvalue weighted by atomic mass is 35.5. The molecule has 6 nitrogen and oxygen atoms in total. The van der Waals surface area contributed by atoms with Crippen LogP contribution in [-0.2, 0) is 10.0 Å². The number of nitrogens with zero attached hydrogens (tertiary/aromatic N) is 3. The van der Waals surface area contributed by atoms with Crippen molar-refractivity contribution in [2.45, 2.75) is 24.7 Å². The lowest BCUT2D eigenvalue weighted by molar-refractivity contribution is 0.281. The van der Waals surface area contributed by atoms with Crippen LogP contribution in [0, 0.1) is 5.92 Å². The van der Waals surface area contributed by atoms with Crippen LogP contribution in [0.1, 0.15) is 25.3 Å². The van der Waals surface area contributed by atoms with Crippen LogP contribution in [0.4, 0.5) is 5.13 Å². The summed E-state index contributed by atoms with van der Waals surface area (Å²) < 4.78 is 27.8. The van der Waals surface area contributed by atoms with Gasteiger partial charge in [0.1, 0.15) is 0 Å². The van der Waals surface area contributed by atoms with Gasteiger partial charge in [0.2, 0.25) is 15.2 Å². The van der Waals surface area contributed by atoms with E-state index in [9.17, 15) is 8.42 Å². The third-order valence-corrected chi connectivity index (χ3v) is 7.96. The first kappa shape index (κ1) is 22.0. The molecule has 2 heterocycles. The fourth-order valence-electron chi connectivity index (χ4n) is 3.54. The zero-order valence-electron chi connectivity index (χ0n) is 17.0. The average molecular weight is 475 g/mol. The molecule has 9 heteroatoms. The Bertz CT molecular complexity index is 1190. The average Bonchev–Trinajstić information content (AvgIpc) is 3.23. The van der Waals surface area contributed by atoms with Crippen LogP contribution >= 0.6 is 22.9 Å². The van der Waals surface area contributed by atoms with Crippen molar-refractivity contribution in [3.8, 4) is 11.3 Å². The molecule has 0 aliphatic carbocycles. The number of sulfonamides is 1. The highest BCUT2D eigenvalue weighted by Crippen LogP contribution is 2.29. The van der Waals surface area contributed by atoms with E-state index in [2.05, 4.69) is 22.4 Å². The molecule has 0 radical (unpaired) electrons. The second-order valence-electron chi connectivity index (χ2n) is 7.60. The number of piperidine rings is 1. The normalized spacial score (nSPS) is 17.8. The lowest BCUT2D eigenvalue weighted by Gasteiger charge is -2.30. The summed E-state index contributed by atoms with van der Waals surface area (Å²) >= 11 is 7.38. The molecule has 1 aliphatic heterocycles. The number of nitrogens with one attached hydrogen (secondary N) is 1. The standard InChI is InChI=1S/C22H23ClN4O2S2/c1-16-5-4-10-27(14-16)31(28,29)20-9-3-7-18(12-20)21-15-30-22(25-21)26-24-13-17-6-2-8-19(23)11-17/h2-3,6-9,11-13,15-16H,4-5,10,14H2,1H3,(H,25,26). The Balaban J connectivity index is 1.49. The van der Waals surface area contributed by atoms with E-state index < -0.39 is 10.0 Å². The molecule has 1 unspecified atom stereocenters. The van der Waals surface area contributed by atoms with Crippen LogP contribution in [-0.4, -0.2) is 37.0 Å². The van der Waals surface area contributed by atoms with Gasteiger partial charge in [0.15, 0.2) is 0 Å². The first-order chi connectivity index (χ1) is 14.9. The number of hydrogen-bond acceptors (Lipinski definition) is 6. The van der Waals surface area contributed by atoms with Crippen LogP contribution in [0.5, 0.6) is 0 Å². The Morgan fingerprint density at radius 1 is 1.26 bits per heavy atom. The van der Waals surface area contributed by atoms with Gasteiger partial charge in [-0.25, -0.2) is 13.4 Å². The predicted octanol–water partition coefficient (Wildman–Crippen LogP) is 5.33. The number of anilines is 1. The number of aromatic nitrogens is 1. The molecule has 2 aromatic carbocycles. The van der Waals surface area contributed by atoms with Gasteiger partial charge in [0.25, 0.3) is 0 Å². The van der Waals surface area contributed by atoms with Gasteiger partial charge in [0, 0.05) is 29.1 Å². The molecule has 1 aliphatic rings. The zero-order chi connectivity index (χ0) is 21.8. The molecular formula is C22H23ClN4O2S2. The molecule has 1 saturated heterocycles. The molecule has 3 aromatic rings. The van der Waals surface area contributed by atoms with Crippen molar-refractivity contribution in [2.24, 2.45) is 11.0 Å². The van der Waals surface area contributed by atoms with E-state index in [1.807, 2.05) is 29.6 Å². The Labute approximate surface area is 191 Å². The minimum atomic E-state index is -3.51. The van der Waals surface area contributed by atoms with Gasteiger partial charge >= 0.3 is 0 Å². The molecule has 1 N–H and O–H groups in total. The summed E-state index contributed by atoms with van der Waals surface area (Å²) in [6.07, 6.45) is 3.64. The molecule has 4 rings (SSSR count). The van der Waals surface area contributed by atoms with Gasteiger partial charge < -0.3 is 0 Å². The second-order valence-corrected chi connectivity index (χ2v) is 10.8. The van der Waals surface area contributed by atoms with Crippen molar-refractivity contribution in [1.82, 2.24) is 9.29 Å². The molecule has 162 valence electrons. The minimum Gasteiger partial charge on any atom is -0.253 e. The number of rotatable bonds is 6. The van der Waals surface area contributed by atoms with Crippen molar-refractivity contribution < 1.29 is 8.42 Å². The summed E-state index contributed by atoms with van der Waals surface area (Å²) in [7, 11) is -3.51. The molecule has 1 fully saturated rings. The first-order valence-corrected chi connectivity index (χ1v) is 12.7. The van der Waals surface area contributed by atoms with Gasteiger partial charge in [-0.3, -0.25) is 5.43 Å². The summed E-state index contributed by atoms with van der Waals surface area (Å²) in [5, 5.41) is 7.34. The van der Waals surface area contributed by atoms with Gasteiger partial charge in [-0.05, 0) is 48.6 Å². The summed E-state index contributed by atoms with van der Waals surface area (Å²) in [6, 6.07) is 14.4. The predicted molar refractivity (Wildman–Crippen MR) is 127 cm³/mol. The molecule has 1 aromatic heterocycles. The summed E-state index contributed by atoms with van der Waals surface area (Å²) in [6.45, 7) is 3.24. The van der Waals surface area contributed by atoms with Gasteiger partial charge in [-0.1, -0.05) is 42.8 Å². The van der Waals surface area contributed by atoms with E-state index in [0.29, 0.717) is 39.8 Å². The summed E-state index contributed by atoms with van der Waals surface area (Å²) in [5.41, 5.74) is 5.25. The van der Waals surface area contributed by atoms with Crippen molar-refractivity contribution in [2.75, 3.05) is 18.5 Å². The first-order valence-electron chi connectivity index (χ1n) is 10.0. The van der Waals surface area contributed by atoms with E-state index in [1.165, 1.54) is 11.3 Å². The maximum Gasteiger partial charge on any atom is 0.243 e. The Morgan fingerprint density at radius 2 is 2.10 bits per heavy atom. The molecule has 31 heavy (non-hydrogen) atoms. The van der Waals surface area contributed by atoms with Crippen molar-refractivity contribution in [3.63, 3.8) is 0 Å². The van der Waals surface area contributed by atoms with Crippen molar-refractivity contribution in [1.29, 1.82) is 0 Å². The van der Waals surface area contributed by atoms with Gasteiger partial charge in [0.05, 0.1) is 16.8 Å². The van der Waals surface area contributed by atoms with E-state index in [1.54, 1.807) is 34.8 Å². The van der Waals surface area contributed by atoms with Crippen LogP contribution in [0.2, 0.25) is 5.02 Å². The monoisotopic (exact) mass is 474 g/mol. The van der Waals surface area contributed by atoms with Crippen LogP contribution in [0.25, 0.3) is 11.3 Å².